The highest BCUT2D eigenvalue weighted by Gasteiger charge is 2.29. The Morgan fingerprint density at radius 3 is 2.79 bits per heavy atom. The minimum atomic E-state index is -0.690. The third-order valence-electron chi connectivity index (χ3n) is 5.61. The summed E-state index contributed by atoms with van der Waals surface area (Å²) in [5.74, 6) is 0.220. The second-order valence-corrected chi connectivity index (χ2v) is 8.82. The maximum Gasteiger partial charge on any atom is 0.323 e. The first-order valence-corrected chi connectivity index (χ1v) is 12.2. The van der Waals surface area contributed by atoms with Crippen LogP contribution in [0.1, 0.15) is 12.0 Å². The zero-order valence-electron chi connectivity index (χ0n) is 18.4. The fourth-order valence-electron chi connectivity index (χ4n) is 3.93. The first-order chi connectivity index (χ1) is 16.1. The van der Waals surface area contributed by atoms with Crippen LogP contribution in [-0.4, -0.2) is 54.0 Å². The van der Waals surface area contributed by atoms with Crippen molar-refractivity contribution in [3.63, 3.8) is 0 Å². The molecule has 1 aliphatic heterocycles. The molecule has 172 valence electrons. The zero-order chi connectivity index (χ0) is 23.2. The summed E-state index contributed by atoms with van der Waals surface area (Å²) in [6.45, 7) is 0.363. The van der Waals surface area contributed by atoms with Crippen LogP contribution in [0.3, 0.4) is 0 Å². The molecule has 1 unspecified atom stereocenters. The van der Waals surface area contributed by atoms with Crippen molar-refractivity contribution in [1.82, 2.24) is 15.6 Å². The molecule has 8 nitrogen and oxygen atoms in total. The van der Waals surface area contributed by atoms with Crippen LogP contribution < -0.4 is 20.9 Å². The van der Waals surface area contributed by atoms with Gasteiger partial charge in [-0.1, -0.05) is 30.3 Å². The average molecular weight is 466 g/mol. The fourth-order valence-corrected chi connectivity index (χ4v) is 4.40. The van der Waals surface area contributed by atoms with Gasteiger partial charge < -0.3 is 20.9 Å². The number of carbonyl (C=O) groups is 3. The number of urea groups is 1. The summed E-state index contributed by atoms with van der Waals surface area (Å²) in [5, 5.41) is 9.69. The number of fused-ring (bicyclic) bond motifs is 2. The number of nitrogens with zero attached hydrogens (tertiary/aromatic N) is 1. The van der Waals surface area contributed by atoms with Gasteiger partial charge in [0, 0.05) is 23.6 Å². The predicted octanol–water partition coefficient (Wildman–Crippen LogP) is 3.12. The Hall–Kier alpha value is -3.46. The van der Waals surface area contributed by atoms with E-state index in [1.165, 1.54) is 4.90 Å². The van der Waals surface area contributed by atoms with Gasteiger partial charge in [0.2, 0.25) is 11.8 Å². The molecule has 0 saturated carbocycles. The summed E-state index contributed by atoms with van der Waals surface area (Å²) >= 11 is 1.61. The Balaban J connectivity index is 1.39. The number of anilines is 2. The maximum absolute atomic E-state index is 13.0. The maximum atomic E-state index is 13.0. The summed E-state index contributed by atoms with van der Waals surface area (Å²) in [6, 6.07) is 14.0. The first-order valence-electron chi connectivity index (χ1n) is 10.9. The van der Waals surface area contributed by atoms with Gasteiger partial charge in [-0.3, -0.25) is 14.5 Å². The molecule has 1 aromatic heterocycles. The van der Waals surface area contributed by atoms with E-state index in [0.717, 1.165) is 22.2 Å². The number of thioether (sulfide) groups is 1. The molecule has 33 heavy (non-hydrogen) atoms. The summed E-state index contributed by atoms with van der Waals surface area (Å²) in [6.07, 6.45) is 5.09. The molecule has 4 amide bonds. The topological polar surface area (TPSA) is 106 Å². The summed E-state index contributed by atoms with van der Waals surface area (Å²) in [7, 11) is 0. The van der Waals surface area contributed by atoms with Crippen molar-refractivity contribution in [3.05, 3.63) is 60.3 Å². The summed E-state index contributed by atoms with van der Waals surface area (Å²) in [4.78, 5) is 42.6. The van der Waals surface area contributed by atoms with E-state index in [4.69, 9.17) is 0 Å². The van der Waals surface area contributed by atoms with E-state index in [1.807, 2.05) is 30.7 Å². The number of H-pyrrole nitrogens is 1. The SMILES string of the molecule is CSCCC(NC(=O)N1CC(=O)Nc2ccccc21)C(=O)NCCc1c[nH]c2ccccc12. The van der Waals surface area contributed by atoms with Crippen molar-refractivity contribution in [1.29, 1.82) is 0 Å². The molecule has 1 aliphatic rings. The highest BCUT2D eigenvalue weighted by molar-refractivity contribution is 7.98. The van der Waals surface area contributed by atoms with Crippen LogP contribution in [0.4, 0.5) is 16.2 Å². The van der Waals surface area contributed by atoms with Gasteiger partial charge in [0.1, 0.15) is 12.6 Å². The van der Waals surface area contributed by atoms with Gasteiger partial charge >= 0.3 is 6.03 Å². The molecule has 0 aliphatic carbocycles. The van der Waals surface area contributed by atoms with Crippen LogP contribution >= 0.6 is 11.8 Å². The molecule has 3 aromatic rings. The molecular formula is C24H27N5O3S. The number of aromatic amines is 1. The molecule has 1 atom stereocenters. The van der Waals surface area contributed by atoms with Crippen LogP contribution in [0.15, 0.2) is 54.7 Å². The number of nitrogens with one attached hydrogen (secondary N) is 4. The van der Waals surface area contributed by atoms with Gasteiger partial charge in [0.05, 0.1) is 11.4 Å². The van der Waals surface area contributed by atoms with Crippen molar-refractivity contribution < 1.29 is 14.4 Å². The third kappa shape index (κ3) is 5.31. The van der Waals surface area contributed by atoms with Crippen LogP contribution in [0, 0.1) is 0 Å². The lowest BCUT2D eigenvalue weighted by Crippen LogP contribution is -2.54. The molecule has 0 saturated heterocycles. The number of aromatic nitrogens is 1. The van der Waals surface area contributed by atoms with Crippen molar-refractivity contribution in [2.75, 3.05) is 35.3 Å². The fraction of sp³-hybridized carbons (Fsp3) is 0.292. The summed E-state index contributed by atoms with van der Waals surface area (Å²) in [5.41, 5.74) is 3.38. The van der Waals surface area contributed by atoms with E-state index in [-0.39, 0.29) is 18.4 Å². The van der Waals surface area contributed by atoms with Gasteiger partial charge in [-0.15, -0.1) is 0 Å². The largest absolute Gasteiger partial charge is 0.361 e. The first kappa shape index (κ1) is 22.7. The lowest BCUT2D eigenvalue weighted by molar-refractivity contribution is -0.122. The lowest BCUT2D eigenvalue weighted by Gasteiger charge is -2.30. The van der Waals surface area contributed by atoms with E-state index >= 15 is 0 Å². The van der Waals surface area contributed by atoms with Crippen molar-refractivity contribution in [3.8, 4) is 0 Å². The minimum absolute atomic E-state index is 0.0969. The van der Waals surface area contributed by atoms with Gasteiger partial charge in [-0.05, 0) is 48.6 Å². The predicted molar refractivity (Wildman–Crippen MR) is 133 cm³/mol. The van der Waals surface area contributed by atoms with E-state index in [9.17, 15) is 14.4 Å². The standard InChI is InChI=1S/C24H27N5O3S/c1-33-13-11-20(23(31)25-12-10-16-14-26-18-7-3-2-6-17(16)18)28-24(32)29-15-22(30)27-19-8-4-5-9-21(19)29/h2-9,14,20,26H,10-13,15H2,1H3,(H,25,31)(H,27,30)(H,28,32). The van der Waals surface area contributed by atoms with Gasteiger partial charge in [0.25, 0.3) is 0 Å². The third-order valence-corrected chi connectivity index (χ3v) is 6.25. The molecule has 4 N–H and O–H groups in total. The second-order valence-electron chi connectivity index (χ2n) is 7.84. The number of carbonyl (C=O) groups excluding carboxylic acids is 3. The van der Waals surface area contributed by atoms with Gasteiger partial charge in [-0.25, -0.2) is 4.79 Å². The van der Waals surface area contributed by atoms with Crippen molar-refractivity contribution in [2.24, 2.45) is 0 Å². The Morgan fingerprint density at radius 2 is 1.94 bits per heavy atom. The molecule has 0 bridgehead atoms. The highest BCUT2D eigenvalue weighted by Crippen LogP contribution is 2.28. The number of rotatable bonds is 8. The van der Waals surface area contributed by atoms with Crippen LogP contribution in [0.5, 0.6) is 0 Å². The lowest BCUT2D eigenvalue weighted by atomic mass is 10.1. The van der Waals surface area contributed by atoms with Gasteiger partial charge in [-0.2, -0.15) is 11.8 Å². The molecule has 4 rings (SSSR count). The average Bonchev–Trinajstić information content (AvgIpc) is 3.24. The molecule has 2 heterocycles. The number of amides is 4. The monoisotopic (exact) mass is 465 g/mol. The Labute approximate surface area is 196 Å². The molecule has 0 fully saturated rings. The van der Waals surface area contributed by atoms with Crippen LogP contribution in [-0.2, 0) is 16.0 Å². The van der Waals surface area contributed by atoms with E-state index in [1.54, 1.807) is 36.0 Å². The smallest absolute Gasteiger partial charge is 0.323 e. The quantitative estimate of drug-likeness (QED) is 0.410. The van der Waals surface area contributed by atoms with Crippen LogP contribution in [0.25, 0.3) is 10.9 Å². The van der Waals surface area contributed by atoms with Crippen LogP contribution in [0.2, 0.25) is 0 Å². The normalized spacial score (nSPS) is 13.8. The van der Waals surface area contributed by atoms with Crippen molar-refractivity contribution in [2.45, 2.75) is 18.9 Å². The second kappa shape index (κ2) is 10.4. The Kier molecular flexibility index (Phi) is 7.19. The zero-order valence-corrected chi connectivity index (χ0v) is 19.2. The van der Waals surface area contributed by atoms with Crippen molar-refractivity contribution >= 4 is 51.9 Å². The van der Waals surface area contributed by atoms with Gasteiger partial charge in [0.15, 0.2) is 0 Å². The molecule has 9 heteroatoms. The molecular weight excluding hydrogens is 438 g/mol. The Morgan fingerprint density at radius 1 is 1.15 bits per heavy atom. The van der Waals surface area contributed by atoms with E-state index in [0.29, 0.717) is 30.8 Å². The number of benzene rings is 2. The number of hydrogen-bond acceptors (Lipinski definition) is 4. The molecule has 0 spiro atoms. The minimum Gasteiger partial charge on any atom is -0.361 e. The highest BCUT2D eigenvalue weighted by atomic mass is 32.2. The molecule has 2 aromatic carbocycles. The number of hydrogen-bond donors (Lipinski definition) is 4. The van der Waals surface area contributed by atoms with E-state index in [2.05, 4.69) is 27.0 Å². The molecule has 0 radical (unpaired) electrons. The summed E-state index contributed by atoms with van der Waals surface area (Å²) < 4.78 is 0. The Bertz CT molecular complexity index is 1160. The van der Waals surface area contributed by atoms with E-state index < -0.39 is 12.1 Å². The number of para-hydroxylation sites is 3.